The van der Waals surface area contributed by atoms with Crippen LogP contribution in [0.15, 0.2) is 23.3 Å². The van der Waals surface area contributed by atoms with Crippen LogP contribution in [-0.2, 0) is 47.4 Å². The van der Waals surface area contributed by atoms with Crippen LogP contribution in [0.1, 0.15) is 78.6 Å². The molecule has 9 rings (SSSR count). The lowest BCUT2D eigenvalue weighted by molar-refractivity contribution is -0.355. The number of epoxide rings is 1. The van der Waals surface area contributed by atoms with Crippen LogP contribution in [0.4, 0.5) is 0 Å². The van der Waals surface area contributed by atoms with Crippen molar-refractivity contribution in [2.75, 3.05) is 26.9 Å². The number of esters is 1. The molecule has 5 aliphatic heterocycles. The first kappa shape index (κ1) is 42.6. The lowest BCUT2D eigenvalue weighted by atomic mass is 9.44. The quantitative estimate of drug-likeness (QED) is 0.0861. The predicted octanol–water partition coefficient (Wildman–Crippen LogP) is -0.132. The molecule has 4 saturated heterocycles. The summed E-state index contributed by atoms with van der Waals surface area (Å²) < 4.78 is 54.4. The standard InChI is InChI=1S/C42H62O17/c1-19-36(58-38-35(50)33(48)31(46)26(57-38)18-53-37-34(49)32(47)30(45)25(16-43)56-37)24(51-4)15-29(54-19)55-22-6-9-39(2)21(14-22)5-11-41-27(39)8-10-40(3)23(7-12-42(40,41)59-41)20-13-28(44)52-17-20/h7,13,19,21-22,24-27,29-38,43,45-50H,5-6,8-12,14-18H2,1-4H3/t19-,21-,22+,24+,25-,26-,27-,29+,30-,31-,32+,33+,34-,35-,36+,37-,38+,39+,40-,41+,42-/m1/s1. The molecule has 332 valence electrons. The number of aliphatic hydroxyl groups excluding tert-OH is 7. The maximum atomic E-state index is 12.0. The van der Waals surface area contributed by atoms with E-state index in [-0.39, 0.29) is 34.1 Å². The Kier molecular flexibility index (Phi) is 11.2. The molecule has 0 aromatic heterocycles. The molecule has 17 nitrogen and oxygen atoms in total. The van der Waals surface area contributed by atoms with Crippen LogP contribution in [0.3, 0.4) is 0 Å². The van der Waals surface area contributed by atoms with Gasteiger partial charge in [0, 0.05) is 30.6 Å². The summed E-state index contributed by atoms with van der Waals surface area (Å²) in [5, 5.41) is 72.4. The van der Waals surface area contributed by atoms with Crippen molar-refractivity contribution in [1.82, 2.24) is 0 Å². The molecule has 3 saturated carbocycles. The number of hydrogen-bond acceptors (Lipinski definition) is 17. The minimum atomic E-state index is -1.69. The van der Waals surface area contributed by atoms with Gasteiger partial charge in [-0.1, -0.05) is 19.9 Å². The van der Waals surface area contributed by atoms with Crippen LogP contribution < -0.4 is 0 Å². The number of fused-ring (bicyclic) bond motifs is 2. The maximum Gasteiger partial charge on any atom is 0.331 e. The molecule has 0 unspecified atom stereocenters. The molecule has 5 heterocycles. The molecule has 7 N–H and O–H groups in total. The van der Waals surface area contributed by atoms with E-state index in [4.69, 9.17) is 42.6 Å². The average molecular weight is 839 g/mol. The zero-order chi connectivity index (χ0) is 41.8. The average Bonchev–Trinajstić information content (AvgIpc) is 3.53. The van der Waals surface area contributed by atoms with E-state index in [1.165, 1.54) is 5.57 Å². The fourth-order valence-corrected chi connectivity index (χ4v) is 12.9. The zero-order valence-corrected chi connectivity index (χ0v) is 34.2. The molecule has 21 atom stereocenters. The SMILES string of the molecule is CO[C@H]1C[C@H](O[C@H]2CC[C@@]3(C)[C@H](CC[C@@]45O[C@@]46CC=C(C4=CC(=O)OC4)[C@@]6(C)CC[C@H]35)C2)O[C@H](C)[C@@H]1O[C@@H]1O[C@H](CO[C@@H]2O[C@H](CO)[C@@H](O)[C@H](O)[C@H]2O)[C@@H](O)[C@H](O)[C@H]1O. The largest absolute Gasteiger partial charge is 0.458 e. The Hall–Kier alpha value is -1.65. The van der Waals surface area contributed by atoms with Gasteiger partial charge in [0.1, 0.15) is 72.7 Å². The fourth-order valence-electron chi connectivity index (χ4n) is 12.9. The molecule has 2 spiro atoms. The van der Waals surface area contributed by atoms with Crippen LogP contribution in [0.5, 0.6) is 0 Å². The highest BCUT2D eigenvalue weighted by Crippen LogP contribution is 2.80. The molecule has 0 bridgehead atoms. The highest BCUT2D eigenvalue weighted by Gasteiger charge is 2.85. The van der Waals surface area contributed by atoms with Gasteiger partial charge in [-0.3, -0.25) is 0 Å². The predicted molar refractivity (Wildman–Crippen MR) is 200 cm³/mol. The van der Waals surface area contributed by atoms with Crippen LogP contribution in [0, 0.1) is 22.7 Å². The van der Waals surface area contributed by atoms with Crippen LogP contribution >= 0.6 is 0 Å². The van der Waals surface area contributed by atoms with Crippen LogP contribution in [-0.4, -0.2) is 172 Å². The van der Waals surface area contributed by atoms with Gasteiger partial charge in [-0.2, -0.15) is 0 Å². The zero-order valence-electron chi connectivity index (χ0n) is 34.2. The topological polar surface area (TPSA) is 245 Å². The molecule has 0 aromatic rings. The molecule has 0 radical (unpaired) electrons. The van der Waals surface area contributed by atoms with E-state index in [9.17, 15) is 40.5 Å². The summed E-state index contributed by atoms with van der Waals surface area (Å²) in [4.78, 5) is 12.0. The fraction of sp³-hybridized carbons (Fsp3) is 0.881. The second kappa shape index (κ2) is 15.6. The van der Waals surface area contributed by atoms with E-state index in [0.717, 1.165) is 56.9 Å². The molecule has 17 heteroatoms. The molecule has 0 aromatic carbocycles. The van der Waals surface area contributed by atoms with Gasteiger partial charge in [0.05, 0.1) is 31.5 Å². The smallest absolute Gasteiger partial charge is 0.331 e. The second-order valence-electron chi connectivity index (χ2n) is 19.0. The van der Waals surface area contributed by atoms with Crippen molar-refractivity contribution in [1.29, 1.82) is 0 Å². The Morgan fingerprint density at radius 1 is 0.831 bits per heavy atom. The van der Waals surface area contributed by atoms with Crippen molar-refractivity contribution >= 4 is 5.97 Å². The van der Waals surface area contributed by atoms with E-state index in [1.54, 1.807) is 13.2 Å². The number of methoxy groups -OCH3 is 1. The number of carbonyl (C=O) groups excluding carboxylic acids is 1. The Morgan fingerprint density at radius 3 is 2.27 bits per heavy atom. The third kappa shape index (κ3) is 6.64. The first-order valence-electron chi connectivity index (χ1n) is 21.5. The minimum Gasteiger partial charge on any atom is -0.458 e. The summed E-state index contributed by atoms with van der Waals surface area (Å²) in [6.07, 6.45) is -5.56. The van der Waals surface area contributed by atoms with Gasteiger partial charge < -0.3 is 78.4 Å². The molecule has 7 fully saturated rings. The molecular weight excluding hydrogens is 776 g/mol. The monoisotopic (exact) mass is 838 g/mol. The maximum absolute atomic E-state index is 12.0. The minimum absolute atomic E-state index is 0.00610. The number of aliphatic hydroxyl groups is 7. The summed E-state index contributed by atoms with van der Waals surface area (Å²) in [6, 6.07) is 0. The number of carbonyl (C=O) groups is 1. The van der Waals surface area contributed by atoms with E-state index >= 15 is 0 Å². The van der Waals surface area contributed by atoms with Gasteiger partial charge in [0.2, 0.25) is 0 Å². The van der Waals surface area contributed by atoms with Gasteiger partial charge >= 0.3 is 5.97 Å². The lowest BCUT2D eigenvalue weighted by Crippen LogP contribution is -2.63. The van der Waals surface area contributed by atoms with E-state index in [2.05, 4.69) is 19.9 Å². The Bertz CT molecular complexity index is 1660. The second-order valence-corrected chi connectivity index (χ2v) is 19.0. The van der Waals surface area contributed by atoms with E-state index in [1.807, 2.05) is 6.92 Å². The first-order chi connectivity index (χ1) is 28.1. The normalized spacial score (nSPS) is 54.3. The highest BCUT2D eigenvalue weighted by atomic mass is 16.8. The van der Waals surface area contributed by atoms with E-state index < -0.39 is 99.2 Å². The number of ether oxygens (including phenoxy) is 9. The summed E-state index contributed by atoms with van der Waals surface area (Å²) >= 11 is 0. The van der Waals surface area contributed by atoms with E-state index in [0.29, 0.717) is 24.9 Å². The third-order valence-corrected chi connectivity index (χ3v) is 16.2. The van der Waals surface area contributed by atoms with Crippen molar-refractivity contribution in [3.63, 3.8) is 0 Å². The van der Waals surface area contributed by atoms with Gasteiger partial charge in [0.15, 0.2) is 18.9 Å². The van der Waals surface area contributed by atoms with Gasteiger partial charge in [0.25, 0.3) is 0 Å². The van der Waals surface area contributed by atoms with Gasteiger partial charge in [-0.15, -0.1) is 0 Å². The van der Waals surface area contributed by atoms with Crippen molar-refractivity contribution < 1.29 is 83.2 Å². The molecule has 4 aliphatic carbocycles. The summed E-state index contributed by atoms with van der Waals surface area (Å²) in [6.45, 7) is 5.85. The summed E-state index contributed by atoms with van der Waals surface area (Å²) in [7, 11) is 1.55. The summed E-state index contributed by atoms with van der Waals surface area (Å²) in [5.41, 5.74) is 1.87. The van der Waals surface area contributed by atoms with Crippen LogP contribution in [0.2, 0.25) is 0 Å². The Morgan fingerprint density at radius 2 is 1.56 bits per heavy atom. The summed E-state index contributed by atoms with van der Waals surface area (Å²) in [5.74, 6) is 0.660. The first-order valence-corrected chi connectivity index (χ1v) is 21.5. The molecular formula is C42H62O17. The number of hydrogen-bond donors (Lipinski definition) is 7. The van der Waals surface area contributed by atoms with Crippen molar-refractivity contribution in [3.8, 4) is 0 Å². The highest BCUT2D eigenvalue weighted by molar-refractivity contribution is 5.87. The lowest BCUT2D eigenvalue weighted by Gasteiger charge is -2.58. The number of cyclic esters (lactones) is 1. The Labute approximate surface area is 343 Å². The van der Waals surface area contributed by atoms with Crippen molar-refractivity contribution in [2.24, 2.45) is 22.7 Å². The third-order valence-electron chi connectivity index (χ3n) is 16.2. The molecule has 9 aliphatic rings. The van der Waals surface area contributed by atoms with Crippen molar-refractivity contribution in [3.05, 3.63) is 23.3 Å². The Balaban J connectivity index is 0.797. The van der Waals surface area contributed by atoms with Crippen molar-refractivity contribution in [2.45, 2.75) is 182 Å². The molecule has 59 heavy (non-hydrogen) atoms. The molecule has 0 amide bonds. The van der Waals surface area contributed by atoms with Gasteiger partial charge in [-0.25, -0.2) is 4.79 Å². The number of rotatable bonds is 10. The van der Waals surface area contributed by atoms with Gasteiger partial charge in [-0.05, 0) is 81.1 Å². The van der Waals surface area contributed by atoms with Crippen LogP contribution in [0.25, 0.3) is 0 Å².